The van der Waals surface area contributed by atoms with Crippen LogP contribution in [0.5, 0.6) is 0 Å². The molecule has 0 aromatic carbocycles. The predicted octanol–water partition coefficient (Wildman–Crippen LogP) is 4.68. The summed E-state index contributed by atoms with van der Waals surface area (Å²) in [6.45, 7) is 24.0. The van der Waals surface area contributed by atoms with E-state index in [0.717, 1.165) is 0 Å². The maximum atomic E-state index is 3.00. The van der Waals surface area contributed by atoms with Gasteiger partial charge >= 0.3 is 0 Å². The van der Waals surface area contributed by atoms with Gasteiger partial charge in [0.25, 0.3) is 0 Å². The van der Waals surface area contributed by atoms with E-state index in [1.807, 2.05) is 41.5 Å². The van der Waals surface area contributed by atoms with E-state index in [2.05, 4.69) is 26.3 Å². The first-order valence-corrected chi connectivity index (χ1v) is 4.00. The Bertz CT molecular complexity index is 2.00. The predicted molar refractivity (Wildman–Crippen MR) is 56.6 cm³/mol. The van der Waals surface area contributed by atoms with Crippen LogP contribution in [-0.4, -0.2) is 0 Å². The van der Waals surface area contributed by atoms with Crippen molar-refractivity contribution in [3.05, 3.63) is 26.3 Å². The average molecular weight is 146 g/mol. The van der Waals surface area contributed by atoms with Crippen LogP contribution in [0.15, 0.2) is 26.3 Å². The molecule has 0 saturated heterocycles. The van der Waals surface area contributed by atoms with Gasteiger partial charge in [0.05, 0.1) is 0 Å². The topological polar surface area (TPSA) is 0 Å². The first kappa shape index (κ1) is 34.0. The molecule has 0 aromatic rings. The molecule has 0 aliphatic rings. The lowest BCUT2D eigenvalue weighted by Gasteiger charge is -1.07. The van der Waals surface area contributed by atoms with Gasteiger partial charge in [-0.15, -0.1) is 26.3 Å². The normalized spacial score (nSPS) is 2.60. The first-order valence-electron chi connectivity index (χ1n) is 4.00. The third-order valence-electron chi connectivity index (χ3n) is 0. The molecule has 0 unspecified atom stereocenters. The number of hydrogen-bond acceptors (Lipinski definition) is 0. The van der Waals surface area contributed by atoms with E-state index in [-0.39, 0.29) is 0 Å². The van der Waals surface area contributed by atoms with Crippen molar-refractivity contribution in [1.82, 2.24) is 0 Å². The lowest BCUT2D eigenvalue weighted by atomic mass is 11.0. The highest BCUT2D eigenvalue weighted by atomic mass is 13.0. The summed E-state index contributed by atoms with van der Waals surface area (Å²) < 4.78 is 0. The molecule has 0 fully saturated rings. The summed E-state index contributed by atoms with van der Waals surface area (Å²) in [4.78, 5) is 0. The second-order valence-corrected chi connectivity index (χ2v) is 0. The van der Waals surface area contributed by atoms with Crippen molar-refractivity contribution in [3.63, 3.8) is 0 Å². The van der Waals surface area contributed by atoms with Gasteiger partial charge in [0.1, 0.15) is 0 Å². The zero-order valence-electron chi connectivity index (χ0n) is 8.83. The Labute approximate surface area is 68.7 Å². The van der Waals surface area contributed by atoms with Crippen molar-refractivity contribution in [3.8, 4) is 0 Å². The van der Waals surface area contributed by atoms with E-state index >= 15 is 0 Å². The molecule has 0 rings (SSSR count). The molecule has 0 nitrogen and oxygen atoms in total. The van der Waals surface area contributed by atoms with Crippen LogP contribution < -0.4 is 0 Å². The Hall–Kier alpha value is -0.520. The number of rotatable bonds is 0. The smallest absolute Gasteiger partial charge is 0.0683 e. The van der Waals surface area contributed by atoms with Gasteiger partial charge < -0.3 is 0 Å². The van der Waals surface area contributed by atoms with Crippen molar-refractivity contribution in [2.45, 2.75) is 41.5 Å². The van der Waals surface area contributed by atoms with Gasteiger partial charge in [0.2, 0.25) is 0 Å². The molecule has 0 spiro atoms. The molecule has 10 heavy (non-hydrogen) atoms. The van der Waals surface area contributed by atoms with E-state index in [1.165, 1.54) is 0 Å². The van der Waals surface area contributed by atoms with Crippen LogP contribution >= 0.6 is 0 Å². The summed E-state index contributed by atoms with van der Waals surface area (Å²) in [6, 6.07) is 0. The van der Waals surface area contributed by atoms with E-state index in [4.69, 9.17) is 0 Å². The Kier molecular flexibility index (Phi) is 5960. The van der Waals surface area contributed by atoms with Crippen LogP contribution in [-0.2, 0) is 0 Å². The standard InChI is InChI=1S/3C2H6.2C2H4/c5*1-2/h3*1-2H3;2*1-2H2. The van der Waals surface area contributed by atoms with Crippen LogP contribution in [0, 0.1) is 0 Å². The second kappa shape index (κ2) is 1750. The fourth-order valence-corrected chi connectivity index (χ4v) is 0. The minimum Gasteiger partial charge on any atom is -0.106 e. The fraction of sp³-hybridized carbons (Fsp3) is 0.600. The van der Waals surface area contributed by atoms with Crippen LogP contribution in [0.2, 0.25) is 0 Å². The fourth-order valence-electron chi connectivity index (χ4n) is 0. The molecule has 0 aromatic heterocycles. The van der Waals surface area contributed by atoms with E-state index in [9.17, 15) is 0 Å². The van der Waals surface area contributed by atoms with Crippen LogP contribution in [0.1, 0.15) is 41.5 Å². The maximum Gasteiger partial charge on any atom is -0.0683 e. The van der Waals surface area contributed by atoms with Gasteiger partial charge in [-0.05, 0) is 0 Å². The quantitative estimate of drug-likeness (QED) is 0.435. The summed E-state index contributed by atoms with van der Waals surface area (Å²) >= 11 is 0. The third kappa shape index (κ3) is 1160. The molecule has 0 amide bonds. The first-order chi connectivity index (χ1) is 5.00. The van der Waals surface area contributed by atoms with Crippen molar-refractivity contribution in [2.75, 3.05) is 0 Å². The molecule has 0 N–H and O–H groups in total. The second-order valence-electron chi connectivity index (χ2n) is 0. The SMILES string of the molecule is C=C.C=C.CC.CC.CC. The highest BCUT2D eigenvalue weighted by Gasteiger charge is 0.936. The largest absolute Gasteiger partial charge is 0.106 e. The minimum atomic E-state index is 2.00. The summed E-state index contributed by atoms with van der Waals surface area (Å²) in [5, 5.41) is 0. The summed E-state index contributed by atoms with van der Waals surface area (Å²) in [5.41, 5.74) is 0. The summed E-state index contributed by atoms with van der Waals surface area (Å²) in [5.74, 6) is 0. The Morgan fingerprint density at radius 3 is 0.400 bits per heavy atom. The highest BCUT2D eigenvalue weighted by Crippen LogP contribution is 1.15. The molecule has 0 aliphatic carbocycles. The third-order valence-corrected chi connectivity index (χ3v) is 0. The monoisotopic (exact) mass is 146 g/mol. The molecule has 66 valence electrons. The van der Waals surface area contributed by atoms with Gasteiger partial charge in [-0.3, -0.25) is 0 Å². The average Bonchev–Trinajstić information content (AvgIpc) is 2.20. The van der Waals surface area contributed by atoms with Gasteiger partial charge in [-0.1, -0.05) is 41.5 Å². The molecule has 0 aliphatic heterocycles. The molecule has 0 radical (unpaired) electrons. The maximum absolute atomic E-state index is 3.00. The molecular weight excluding hydrogens is 120 g/mol. The minimum absolute atomic E-state index is 2.00. The molecule has 0 saturated carbocycles. The van der Waals surface area contributed by atoms with Crippen LogP contribution in [0.25, 0.3) is 0 Å². The number of hydrogen-bond donors (Lipinski definition) is 0. The zero-order chi connectivity index (χ0) is 10.0. The zero-order valence-corrected chi connectivity index (χ0v) is 8.83. The lowest BCUT2D eigenvalue weighted by Crippen LogP contribution is -0.856. The Morgan fingerprint density at radius 1 is 0.400 bits per heavy atom. The van der Waals surface area contributed by atoms with Crippen LogP contribution in [0.3, 0.4) is 0 Å². The van der Waals surface area contributed by atoms with E-state index < -0.39 is 0 Å². The molecular formula is C10H26. The van der Waals surface area contributed by atoms with E-state index in [0.29, 0.717) is 0 Å². The van der Waals surface area contributed by atoms with Gasteiger partial charge in [-0.2, -0.15) is 0 Å². The van der Waals surface area contributed by atoms with Gasteiger partial charge in [0, 0.05) is 0 Å². The molecule has 0 heteroatoms. The van der Waals surface area contributed by atoms with Gasteiger partial charge in [0.15, 0.2) is 0 Å². The Balaban J connectivity index is -0.0000000104. The van der Waals surface area contributed by atoms with Crippen molar-refractivity contribution in [2.24, 2.45) is 0 Å². The van der Waals surface area contributed by atoms with Crippen molar-refractivity contribution >= 4 is 0 Å². The molecule has 0 bridgehead atoms. The summed E-state index contributed by atoms with van der Waals surface area (Å²) in [6.07, 6.45) is 0. The highest BCUT2D eigenvalue weighted by molar-refractivity contribution is 4.22. The van der Waals surface area contributed by atoms with Gasteiger partial charge in [-0.25, -0.2) is 0 Å². The lowest BCUT2D eigenvalue weighted by molar-refractivity contribution is 1.50. The van der Waals surface area contributed by atoms with Crippen molar-refractivity contribution in [1.29, 1.82) is 0 Å². The van der Waals surface area contributed by atoms with Crippen LogP contribution in [0.4, 0.5) is 0 Å². The Morgan fingerprint density at radius 2 is 0.400 bits per heavy atom. The molecule has 0 heterocycles. The summed E-state index contributed by atoms with van der Waals surface area (Å²) in [7, 11) is 0. The molecule has 0 atom stereocenters. The van der Waals surface area contributed by atoms with E-state index in [1.54, 1.807) is 0 Å². The van der Waals surface area contributed by atoms with Crippen molar-refractivity contribution < 1.29 is 0 Å².